The maximum atomic E-state index is 13.1. The summed E-state index contributed by atoms with van der Waals surface area (Å²) in [6.07, 6.45) is 3.09. The predicted octanol–water partition coefficient (Wildman–Crippen LogP) is 2.75. The van der Waals surface area contributed by atoms with E-state index in [1.165, 1.54) is 31.2 Å². The van der Waals surface area contributed by atoms with Crippen LogP contribution in [0.1, 0.15) is 23.4 Å². The number of rotatable bonds is 9. The molecule has 0 bridgehead atoms. The second kappa shape index (κ2) is 10.9. The second-order valence-corrected chi connectivity index (χ2v) is 9.09. The lowest BCUT2D eigenvalue weighted by atomic mass is 10.0. The zero-order chi connectivity index (χ0) is 26.6. The number of benzene rings is 1. The predicted molar refractivity (Wildman–Crippen MR) is 137 cm³/mol. The Morgan fingerprint density at radius 3 is 2.68 bits per heavy atom. The van der Waals surface area contributed by atoms with E-state index < -0.39 is 11.5 Å². The van der Waals surface area contributed by atoms with E-state index in [9.17, 15) is 9.59 Å². The quantitative estimate of drug-likeness (QED) is 0.320. The number of anilines is 2. The van der Waals surface area contributed by atoms with Gasteiger partial charge in [-0.1, -0.05) is 17.4 Å². The van der Waals surface area contributed by atoms with Gasteiger partial charge in [-0.15, -0.1) is 10.2 Å². The SMILES string of the molecule is COc1cccc(OC)c1-c1cc(C(=O)Nc2nnc(-n3nccc3N)s2)oc(=O)c1OC[C@H]1CCCO1. The van der Waals surface area contributed by atoms with Crippen LogP contribution in [0.25, 0.3) is 16.3 Å². The van der Waals surface area contributed by atoms with E-state index in [2.05, 4.69) is 20.6 Å². The summed E-state index contributed by atoms with van der Waals surface area (Å²) in [5.41, 5.74) is 5.69. The fraction of sp³-hybridized carbons (Fsp3) is 0.292. The number of carbonyl (C=O) groups excluding carboxylic acids is 1. The zero-order valence-electron chi connectivity index (χ0n) is 20.5. The molecule has 14 heteroatoms. The summed E-state index contributed by atoms with van der Waals surface area (Å²) in [7, 11) is 2.98. The van der Waals surface area contributed by atoms with Crippen molar-refractivity contribution in [3.63, 3.8) is 0 Å². The molecule has 0 saturated carbocycles. The first-order chi connectivity index (χ1) is 18.5. The van der Waals surface area contributed by atoms with Gasteiger partial charge >= 0.3 is 5.63 Å². The third kappa shape index (κ3) is 5.03. The minimum atomic E-state index is -0.846. The van der Waals surface area contributed by atoms with Crippen LogP contribution in [0, 0.1) is 0 Å². The van der Waals surface area contributed by atoms with Crippen LogP contribution in [-0.4, -0.2) is 59.4 Å². The molecule has 1 aliphatic rings. The van der Waals surface area contributed by atoms with Crippen LogP contribution in [0.2, 0.25) is 0 Å². The van der Waals surface area contributed by atoms with E-state index >= 15 is 0 Å². The number of aromatic nitrogens is 4. The van der Waals surface area contributed by atoms with E-state index in [4.69, 9.17) is 29.1 Å². The molecular formula is C24H24N6O7S. The van der Waals surface area contributed by atoms with Crippen molar-refractivity contribution in [1.29, 1.82) is 0 Å². The molecule has 1 amide bonds. The number of nitrogens with one attached hydrogen (secondary N) is 1. The Morgan fingerprint density at radius 1 is 1.24 bits per heavy atom. The standard InChI is InChI=1S/C24H24N6O7S/c1-33-15-6-3-7-16(34-2)19(15)14-11-17(37-22(32)20(14)36-12-13-5-4-10-35-13)21(31)27-23-28-29-24(38-23)30-18(25)8-9-26-30/h3,6-9,11,13H,4-5,10,12,25H2,1-2H3,(H,27,28,31)/t13-/m1/s1. The van der Waals surface area contributed by atoms with Gasteiger partial charge < -0.3 is 29.1 Å². The highest BCUT2D eigenvalue weighted by Crippen LogP contribution is 2.42. The molecule has 1 atom stereocenters. The van der Waals surface area contributed by atoms with Crippen LogP contribution >= 0.6 is 11.3 Å². The van der Waals surface area contributed by atoms with Crippen molar-refractivity contribution < 1.29 is 28.2 Å². The molecule has 198 valence electrons. The van der Waals surface area contributed by atoms with Gasteiger partial charge in [-0.3, -0.25) is 10.1 Å². The van der Waals surface area contributed by atoms with Gasteiger partial charge in [-0.25, -0.2) is 4.79 Å². The molecule has 5 rings (SSSR count). The van der Waals surface area contributed by atoms with Crippen LogP contribution in [0.4, 0.5) is 10.9 Å². The maximum Gasteiger partial charge on any atom is 0.379 e. The summed E-state index contributed by atoms with van der Waals surface area (Å²) in [6, 6.07) is 8.16. The van der Waals surface area contributed by atoms with Crippen LogP contribution in [0.5, 0.6) is 17.2 Å². The Labute approximate surface area is 220 Å². The van der Waals surface area contributed by atoms with E-state index in [0.717, 1.165) is 24.2 Å². The average Bonchev–Trinajstić information content (AvgIpc) is 3.69. The molecule has 4 aromatic rings. The van der Waals surface area contributed by atoms with Gasteiger partial charge in [-0.2, -0.15) is 9.78 Å². The first-order valence-electron chi connectivity index (χ1n) is 11.6. The molecule has 0 spiro atoms. The lowest BCUT2D eigenvalue weighted by molar-refractivity contribution is 0.0666. The Bertz CT molecular complexity index is 1490. The minimum absolute atomic E-state index is 0.0905. The van der Waals surface area contributed by atoms with Gasteiger partial charge in [-0.05, 0) is 31.0 Å². The van der Waals surface area contributed by atoms with Gasteiger partial charge in [0.15, 0.2) is 5.76 Å². The number of nitrogen functional groups attached to an aromatic ring is 1. The third-order valence-electron chi connectivity index (χ3n) is 5.75. The van der Waals surface area contributed by atoms with Crippen molar-refractivity contribution in [2.24, 2.45) is 0 Å². The number of methoxy groups -OCH3 is 2. The number of ether oxygens (including phenoxy) is 4. The Balaban J connectivity index is 1.51. The number of hydrogen-bond donors (Lipinski definition) is 2. The highest BCUT2D eigenvalue weighted by atomic mass is 32.1. The van der Waals surface area contributed by atoms with Crippen LogP contribution < -0.4 is 30.9 Å². The monoisotopic (exact) mass is 540 g/mol. The molecular weight excluding hydrogens is 516 g/mol. The lowest BCUT2D eigenvalue weighted by Gasteiger charge is -2.17. The van der Waals surface area contributed by atoms with Gasteiger partial charge in [0.2, 0.25) is 16.0 Å². The normalized spacial score (nSPS) is 14.8. The summed E-state index contributed by atoms with van der Waals surface area (Å²) < 4.78 is 29.3. The molecule has 1 aromatic carbocycles. The van der Waals surface area contributed by atoms with E-state index in [0.29, 0.717) is 34.6 Å². The van der Waals surface area contributed by atoms with Crippen molar-refractivity contribution in [2.75, 3.05) is 38.5 Å². The van der Waals surface area contributed by atoms with E-state index in [1.807, 2.05) is 0 Å². The number of carbonyl (C=O) groups is 1. The lowest BCUT2D eigenvalue weighted by Crippen LogP contribution is -2.21. The maximum absolute atomic E-state index is 13.1. The van der Waals surface area contributed by atoms with E-state index in [-0.39, 0.29) is 34.9 Å². The Morgan fingerprint density at radius 2 is 2.03 bits per heavy atom. The zero-order valence-corrected chi connectivity index (χ0v) is 21.3. The second-order valence-electron chi connectivity index (χ2n) is 8.14. The molecule has 3 N–H and O–H groups in total. The molecule has 1 fully saturated rings. The van der Waals surface area contributed by atoms with Gasteiger partial charge in [0.1, 0.15) is 23.9 Å². The average molecular weight is 541 g/mol. The fourth-order valence-electron chi connectivity index (χ4n) is 3.97. The molecule has 13 nitrogen and oxygen atoms in total. The number of hydrogen-bond acceptors (Lipinski definition) is 12. The third-order valence-corrected chi connectivity index (χ3v) is 6.57. The molecule has 1 saturated heterocycles. The largest absolute Gasteiger partial charge is 0.496 e. The van der Waals surface area contributed by atoms with Gasteiger partial charge in [0.25, 0.3) is 5.91 Å². The fourth-order valence-corrected chi connectivity index (χ4v) is 4.69. The summed E-state index contributed by atoms with van der Waals surface area (Å²) in [6.45, 7) is 0.778. The molecule has 38 heavy (non-hydrogen) atoms. The van der Waals surface area contributed by atoms with Crippen molar-refractivity contribution >= 4 is 28.2 Å². The number of nitrogens with two attached hydrogens (primary N) is 1. The molecule has 3 aromatic heterocycles. The van der Waals surface area contributed by atoms with E-state index in [1.54, 1.807) is 24.3 Å². The van der Waals surface area contributed by atoms with Gasteiger partial charge in [0, 0.05) is 18.2 Å². The molecule has 0 aliphatic carbocycles. The van der Waals surface area contributed by atoms with Crippen molar-refractivity contribution in [3.05, 3.63) is 52.7 Å². The van der Waals surface area contributed by atoms with Crippen molar-refractivity contribution in [3.8, 4) is 33.5 Å². The smallest absolute Gasteiger partial charge is 0.379 e. The van der Waals surface area contributed by atoms with Crippen molar-refractivity contribution in [2.45, 2.75) is 18.9 Å². The number of nitrogens with zero attached hydrogens (tertiary/aromatic N) is 4. The van der Waals surface area contributed by atoms with Crippen LogP contribution in [-0.2, 0) is 4.74 Å². The Kier molecular flexibility index (Phi) is 7.24. The topological polar surface area (TPSA) is 166 Å². The summed E-state index contributed by atoms with van der Waals surface area (Å²) in [4.78, 5) is 26.3. The van der Waals surface area contributed by atoms with Crippen LogP contribution in [0.15, 0.2) is 45.7 Å². The molecule has 1 aliphatic heterocycles. The summed E-state index contributed by atoms with van der Waals surface area (Å²) in [5, 5.41) is 15.1. The summed E-state index contributed by atoms with van der Waals surface area (Å²) in [5.74, 6) is 0.0886. The Hall–Kier alpha value is -4.43. The van der Waals surface area contributed by atoms with Gasteiger partial charge in [0.05, 0.1) is 32.1 Å². The highest BCUT2D eigenvalue weighted by molar-refractivity contribution is 7.17. The number of amides is 1. The van der Waals surface area contributed by atoms with Crippen LogP contribution in [0.3, 0.4) is 0 Å². The minimum Gasteiger partial charge on any atom is -0.496 e. The molecule has 4 heterocycles. The first-order valence-corrected chi connectivity index (χ1v) is 12.4. The summed E-state index contributed by atoms with van der Waals surface area (Å²) >= 11 is 1.04. The molecule has 0 unspecified atom stereocenters. The van der Waals surface area contributed by atoms with Crippen molar-refractivity contribution in [1.82, 2.24) is 20.0 Å². The first kappa shape index (κ1) is 25.2. The molecule has 0 radical (unpaired) electrons. The highest BCUT2D eigenvalue weighted by Gasteiger charge is 2.26.